The molecule has 0 saturated carbocycles. The highest BCUT2D eigenvalue weighted by Crippen LogP contribution is 2.09. The molecule has 0 atom stereocenters. The van der Waals surface area contributed by atoms with Crippen LogP contribution in [-0.2, 0) is 0 Å². The van der Waals surface area contributed by atoms with E-state index in [4.69, 9.17) is 0 Å². The Hall–Kier alpha value is 0.154. The molecule has 0 aliphatic carbocycles. The molecule has 0 aliphatic rings. The number of unbranched alkanes of at least 4 members (excludes halogenated alkanes) is 3. The molecule has 98 valence electrons. The lowest BCUT2D eigenvalue weighted by Gasteiger charge is -2.01. The summed E-state index contributed by atoms with van der Waals surface area (Å²) < 4.78 is 47.2. The number of halogens is 4. The molecule has 0 aromatic carbocycles. The van der Waals surface area contributed by atoms with Gasteiger partial charge in [-0.1, -0.05) is 37.8 Å². The maximum absolute atomic E-state index is 11.8. The van der Waals surface area contributed by atoms with Crippen molar-refractivity contribution < 1.29 is 17.6 Å². The Labute approximate surface area is 99.8 Å². The van der Waals surface area contributed by atoms with Crippen molar-refractivity contribution in [2.45, 2.75) is 62.7 Å². The first-order chi connectivity index (χ1) is 7.63. The van der Waals surface area contributed by atoms with Gasteiger partial charge in [0.15, 0.2) is 0 Å². The molecule has 0 rings (SSSR count). The molecule has 0 radical (unpaired) electrons. The van der Waals surface area contributed by atoms with Gasteiger partial charge >= 0.3 is 0 Å². The molecule has 0 amide bonds. The summed E-state index contributed by atoms with van der Waals surface area (Å²) in [5, 5.41) is 0. The van der Waals surface area contributed by atoms with E-state index in [0.29, 0.717) is 0 Å². The summed E-state index contributed by atoms with van der Waals surface area (Å²) in [6, 6.07) is 2.33. The van der Waals surface area contributed by atoms with Gasteiger partial charge in [0.25, 0.3) is 0 Å². The molecular formula is C10H22F4Si2. The van der Waals surface area contributed by atoms with Gasteiger partial charge in [0.2, 0.25) is 12.9 Å². The van der Waals surface area contributed by atoms with Gasteiger partial charge < -0.3 is 0 Å². The number of alkyl halides is 4. The topological polar surface area (TPSA) is 0 Å². The van der Waals surface area contributed by atoms with Crippen molar-refractivity contribution in [2.24, 2.45) is 0 Å². The maximum atomic E-state index is 11.8. The van der Waals surface area contributed by atoms with Crippen LogP contribution in [-0.4, -0.2) is 31.9 Å². The second kappa shape index (κ2) is 11.6. The summed E-state index contributed by atoms with van der Waals surface area (Å²) >= 11 is 0. The van der Waals surface area contributed by atoms with E-state index in [9.17, 15) is 17.6 Å². The molecule has 0 nitrogen and oxygen atoms in total. The third kappa shape index (κ3) is 14.2. The number of hydrogen-bond donors (Lipinski definition) is 0. The molecule has 16 heavy (non-hydrogen) atoms. The van der Waals surface area contributed by atoms with Crippen LogP contribution in [0.1, 0.15) is 25.7 Å². The van der Waals surface area contributed by atoms with Crippen LogP contribution in [0.3, 0.4) is 0 Å². The fourth-order valence-electron chi connectivity index (χ4n) is 1.66. The van der Waals surface area contributed by atoms with Crippen LogP contribution in [0, 0.1) is 0 Å². The van der Waals surface area contributed by atoms with E-state index in [1.54, 1.807) is 0 Å². The maximum Gasteiger partial charge on any atom is 0.235 e. The monoisotopic (exact) mass is 274 g/mol. The third-order valence-corrected chi connectivity index (χ3v) is 6.28. The Kier molecular flexibility index (Phi) is 11.7. The van der Waals surface area contributed by atoms with E-state index >= 15 is 0 Å². The van der Waals surface area contributed by atoms with Crippen molar-refractivity contribution in [2.75, 3.05) is 0 Å². The Morgan fingerprint density at radius 2 is 1.00 bits per heavy atom. The minimum atomic E-state index is -2.10. The Balaban J connectivity index is 2.93. The summed E-state index contributed by atoms with van der Waals surface area (Å²) in [7, 11) is -1.06. The molecule has 0 saturated heterocycles. The van der Waals surface area contributed by atoms with Crippen LogP contribution in [0.5, 0.6) is 0 Å². The van der Waals surface area contributed by atoms with Crippen LogP contribution in [0.15, 0.2) is 0 Å². The number of rotatable bonds is 11. The molecule has 6 heteroatoms. The van der Waals surface area contributed by atoms with Gasteiger partial charge in [-0.3, -0.25) is 0 Å². The van der Waals surface area contributed by atoms with Gasteiger partial charge in [0.05, 0.1) is 0 Å². The predicted octanol–water partition coefficient (Wildman–Crippen LogP) is 3.09. The van der Waals surface area contributed by atoms with Gasteiger partial charge in [-0.2, -0.15) is 0 Å². The Bertz CT molecular complexity index is 129. The molecule has 0 spiro atoms. The van der Waals surface area contributed by atoms with Crippen molar-refractivity contribution in [1.29, 1.82) is 0 Å². The van der Waals surface area contributed by atoms with Crippen molar-refractivity contribution in [1.82, 2.24) is 0 Å². The van der Waals surface area contributed by atoms with Gasteiger partial charge in [-0.25, -0.2) is 17.6 Å². The molecule has 0 fully saturated rings. The van der Waals surface area contributed by atoms with Crippen LogP contribution >= 0.6 is 0 Å². The molecule has 0 unspecified atom stereocenters. The summed E-state index contributed by atoms with van der Waals surface area (Å²) in [4.78, 5) is 0. The lowest BCUT2D eigenvalue weighted by molar-refractivity contribution is 0.170. The minimum Gasteiger partial charge on any atom is -0.211 e. The summed E-state index contributed by atoms with van der Waals surface area (Å²) in [5.41, 5.74) is 0. The van der Waals surface area contributed by atoms with E-state index in [2.05, 4.69) is 0 Å². The molecule has 0 bridgehead atoms. The van der Waals surface area contributed by atoms with E-state index < -0.39 is 31.9 Å². The fraction of sp³-hybridized carbons (Fsp3) is 1.00. The predicted molar refractivity (Wildman–Crippen MR) is 66.8 cm³/mol. The van der Waals surface area contributed by atoms with Crippen molar-refractivity contribution in [3.8, 4) is 0 Å². The summed E-state index contributed by atoms with van der Waals surface area (Å²) in [6.07, 6.45) is 0.114. The summed E-state index contributed by atoms with van der Waals surface area (Å²) in [5.74, 6) is 0. The smallest absolute Gasteiger partial charge is 0.211 e. The molecule has 0 heterocycles. The van der Waals surface area contributed by atoms with E-state index in [0.717, 1.165) is 37.8 Å². The van der Waals surface area contributed by atoms with Crippen LogP contribution < -0.4 is 0 Å². The van der Waals surface area contributed by atoms with Crippen molar-refractivity contribution >= 4 is 19.0 Å². The SMILES string of the molecule is FC(F)C[SiH2]CCCCCC[SiH2]CC(F)F. The zero-order valence-electron chi connectivity index (χ0n) is 9.74. The highest BCUT2D eigenvalue weighted by Gasteiger charge is 2.02. The van der Waals surface area contributed by atoms with Gasteiger partial charge in [0, 0.05) is 19.0 Å². The molecular weight excluding hydrogens is 252 g/mol. The highest BCUT2D eigenvalue weighted by atomic mass is 28.2. The van der Waals surface area contributed by atoms with Crippen molar-refractivity contribution in [3.63, 3.8) is 0 Å². The van der Waals surface area contributed by atoms with E-state index in [1.165, 1.54) is 0 Å². The van der Waals surface area contributed by atoms with Crippen LogP contribution in [0.4, 0.5) is 17.6 Å². The second-order valence-corrected chi connectivity index (χ2v) is 8.17. The molecule has 0 N–H and O–H groups in total. The van der Waals surface area contributed by atoms with Gasteiger partial charge in [-0.05, 0) is 12.1 Å². The first-order valence-electron chi connectivity index (χ1n) is 6.19. The zero-order valence-corrected chi connectivity index (χ0v) is 12.6. The minimum absolute atomic E-state index is 0.154. The average Bonchev–Trinajstić information content (AvgIpc) is 2.20. The van der Waals surface area contributed by atoms with Crippen LogP contribution in [0.2, 0.25) is 24.2 Å². The van der Waals surface area contributed by atoms with Gasteiger partial charge in [-0.15, -0.1) is 0 Å². The quantitative estimate of drug-likeness (QED) is 0.308. The normalized spacial score (nSPS) is 13.1. The third-order valence-electron chi connectivity index (χ3n) is 2.59. The second-order valence-electron chi connectivity index (χ2n) is 4.19. The lowest BCUT2D eigenvalue weighted by atomic mass is 10.2. The standard InChI is InChI=1S/C10H22F4Si2/c11-9(12)7-15-5-3-1-2-4-6-16-8-10(13)14/h9-10H,1-8,15-16H2. The molecule has 0 aromatic heterocycles. The fourth-order valence-corrected chi connectivity index (χ4v) is 4.27. The first kappa shape index (κ1) is 16.2. The number of hydrogen-bond acceptors (Lipinski definition) is 0. The van der Waals surface area contributed by atoms with E-state index in [1.807, 2.05) is 0 Å². The molecule has 0 aromatic rings. The highest BCUT2D eigenvalue weighted by molar-refractivity contribution is 6.35. The van der Waals surface area contributed by atoms with Crippen LogP contribution in [0.25, 0.3) is 0 Å². The van der Waals surface area contributed by atoms with E-state index in [-0.39, 0.29) is 12.1 Å². The summed E-state index contributed by atoms with van der Waals surface area (Å²) in [6.45, 7) is 0. The lowest BCUT2D eigenvalue weighted by Crippen LogP contribution is -1.98. The van der Waals surface area contributed by atoms with Gasteiger partial charge in [0.1, 0.15) is 0 Å². The zero-order chi connectivity index (χ0) is 12.2. The van der Waals surface area contributed by atoms with Crippen molar-refractivity contribution in [3.05, 3.63) is 0 Å². The largest absolute Gasteiger partial charge is 0.235 e. The Morgan fingerprint density at radius 3 is 1.31 bits per heavy atom. The molecule has 0 aliphatic heterocycles. The first-order valence-corrected chi connectivity index (χ1v) is 10.2. The Morgan fingerprint density at radius 1 is 0.625 bits per heavy atom. The average molecular weight is 274 g/mol.